The van der Waals surface area contributed by atoms with E-state index in [-0.39, 0.29) is 5.91 Å². The van der Waals surface area contributed by atoms with Crippen molar-refractivity contribution in [3.05, 3.63) is 35.4 Å². The molecule has 2 rings (SSSR count). The van der Waals surface area contributed by atoms with Crippen molar-refractivity contribution in [1.29, 1.82) is 0 Å². The summed E-state index contributed by atoms with van der Waals surface area (Å²) in [4.78, 5) is 14.4. The molecule has 0 saturated carbocycles. The smallest absolute Gasteiger partial charge is 0.253 e. The van der Waals surface area contributed by atoms with E-state index in [1.54, 1.807) is 0 Å². The average molecular weight is 260 g/mol. The van der Waals surface area contributed by atoms with Gasteiger partial charge in [0.1, 0.15) is 0 Å². The Balaban J connectivity index is 2.00. The van der Waals surface area contributed by atoms with Crippen LogP contribution in [0.25, 0.3) is 0 Å². The summed E-state index contributed by atoms with van der Waals surface area (Å²) < 4.78 is 0. The maximum Gasteiger partial charge on any atom is 0.253 e. The largest absolute Gasteiger partial charge is 0.339 e. The number of hydrogen-bond donors (Lipinski definition) is 1. The van der Waals surface area contributed by atoms with Crippen LogP contribution in [0.5, 0.6) is 0 Å². The SMILES string of the molecule is CCC1(C)CCN(C(=O)c2ccc(CN)cc2)CC1. The van der Waals surface area contributed by atoms with Gasteiger partial charge in [-0.25, -0.2) is 0 Å². The highest BCUT2D eigenvalue weighted by Crippen LogP contribution is 2.34. The molecule has 1 heterocycles. The number of benzene rings is 1. The number of carbonyl (C=O) groups is 1. The Bertz CT molecular complexity index is 431. The molecule has 104 valence electrons. The molecule has 3 heteroatoms. The first-order valence-electron chi connectivity index (χ1n) is 7.16. The topological polar surface area (TPSA) is 46.3 Å². The molecule has 1 aliphatic rings. The Morgan fingerprint density at radius 3 is 2.32 bits per heavy atom. The van der Waals surface area contributed by atoms with E-state index in [0.29, 0.717) is 12.0 Å². The third-order valence-electron chi connectivity index (χ3n) is 4.55. The Morgan fingerprint density at radius 2 is 1.84 bits per heavy atom. The van der Waals surface area contributed by atoms with Crippen LogP contribution in [-0.2, 0) is 6.54 Å². The minimum atomic E-state index is 0.154. The van der Waals surface area contributed by atoms with Gasteiger partial charge in [0, 0.05) is 25.2 Å². The molecule has 0 unspecified atom stereocenters. The summed E-state index contributed by atoms with van der Waals surface area (Å²) in [5, 5.41) is 0. The number of likely N-dealkylation sites (tertiary alicyclic amines) is 1. The minimum absolute atomic E-state index is 0.154. The van der Waals surface area contributed by atoms with Crippen molar-refractivity contribution in [2.24, 2.45) is 11.1 Å². The van der Waals surface area contributed by atoms with Crippen molar-refractivity contribution in [2.75, 3.05) is 13.1 Å². The molecule has 0 aromatic heterocycles. The second-order valence-corrected chi connectivity index (χ2v) is 5.86. The van der Waals surface area contributed by atoms with Crippen LogP contribution in [0.4, 0.5) is 0 Å². The molecule has 1 saturated heterocycles. The van der Waals surface area contributed by atoms with Crippen molar-refractivity contribution in [3.8, 4) is 0 Å². The molecule has 1 aromatic carbocycles. The zero-order valence-electron chi connectivity index (χ0n) is 12.0. The van der Waals surface area contributed by atoms with Crippen molar-refractivity contribution >= 4 is 5.91 Å². The van der Waals surface area contributed by atoms with Gasteiger partial charge >= 0.3 is 0 Å². The average Bonchev–Trinajstić information content (AvgIpc) is 2.47. The number of piperidine rings is 1. The van der Waals surface area contributed by atoms with Crippen LogP contribution in [0.15, 0.2) is 24.3 Å². The van der Waals surface area contributed by atoms with Gasteiger partial charge in [-0.05, 0) is 36.0 Å². The van der Waals surface area contributed by atoms with E-state index in [4.69, 9.17) is 5.73 Å². The normalized spacial score (nSPS) is 18.4. The second kappa shape index (κ2) is 5.74. The van der Waals surface area contributed by atoms with Crippen molar-refractivity contribution < 1.29 is 4.79 Å². The molecule has 1 aromatic rings. The van der Waals surface area contributed by atoms with Crippen LogP contribution < -0.4 is 5.73 Å². The third kappa shape index (κ3) is 3.16. The molecule has 0 atom stereocenters. The Labute approximate surface area is 115 Å². The van der Waals surface area contributed by atoms with Gasteiger partial charge in [-0.3, -0.25) is 4.79 Å². The van der Waals surface area contributed by atoms with E-state index in [1.165, 1.54) is 6.42 Å². The predicted molar refractivity (Wildman–Crippen MR) is 77.9 cm³/mol. The van der Waals surface area contributed by atoms with Crippen LogP contribution in [0.3, 0.4) is 0 Å². The highest BCUT2D eigenvalue weighted by atomic mass is 16.2. The number of carbonyl (C=O) groups excluding carboxylic acids is 1. The first kappa shape index (κ1) is 14.1. The van der Waals surface area contributed by atoms with Gasteiger partial charge in [0.15, 0.2) is 0 Å². The van der Waals surface area contributed by atoms with Crippen LogP contribution in [0, 0.1) is 5.41 Å². The Kier molecular flexibility index (Phi) is 4.25. The summed E-state index contributed by atoms with van der Waals surface area (Å²) >= 11 is 0. The molecular weight excluding hydrogens is 236 g/mol. The highest BCUT2D eigenvalue weighted by Gasteiger charge is 2.30. The molecule has 1 fully saturated rings. The number of amides is 1. The third-order valence-corrected chi connectivity index (χ3v) is 4.55. The van der Waals surface area contributed by atoms with Crippen molar-refractivity contribution in [1.82, 2.24) is 4.90 Å². The summed E-state index contributed by atoms with van der Waals surface area (Å²) in [6.07, 6.45) is 3.41. The van der Waals surface area contributed by atoms with Gasteiger partial charge in [0.25, 0.3) is 5.91 Å². The van der Waals surface area contributed by atoms with E-state index in [1.807, 2.05) is 29.2 Å². The zero-order chi connectivity index (χ0) is 13.9. The molecule has 0 aliphatic carbocycles. The zero-order valence-corrected chi connectivity index (χ0v) is 12.0. The first-order valence-corrected chi connectivity index (χ1v) is 7.16. The molecule has 2 N–H and O–H groups in total. The molecule has 0 radical (unpaired) electrons. The standard InChI is InChI=1S/C16H24N2O/c1-3-16(2)8-10-18(11-9-16)15(19)14-6-4-13(12-17)5-7-14/h4-7H,3,8-12,17H2,1-2H3. The number of rotatable bonds is 3. The molecule has 3 nitrogen and oxygen atoms in total. The quantitative estimate of drug-likeness (QED) is 0.908. The van der Waals surface area contributed by atoms with Crippen LogP contribution in [0.1, 0.15) is 49.0 Å². The lowest BCUT2D eigenvalue weighted by atomic mass is 9.78. The minimum Gasteiger partial charge on any atom is -0.339 e. The summed E-state index contributed by atoms with van der Waals surface area (Å²) in [6.45, 7) is 6.84. The maximum atomic E-state index is 12.4. The summed E-state index contributed by atoms with van der Waals surface area (Å²) in [5.41, 5.74) is 7.82. The van der Waals surface area contributed by atoms with Crippen LogP contribution in [0.2, 0.25) is 0 Å². The molecule has 1 aliphatic heterocycles. The van der Waals surface area contributed by atoms with Gasteiger partial charge in [-0.2, -0.15) is 0 Å². The van der Waals surface area contributed by atoms with Gasteiger partial charge in [0.05, 0.1) is 0 Å². The molecular formula is C16H24N2O. The van der Waals surface area contributed by atoms with Crippen molar-refractivity contribution in [3.63, 3.8) is 0 Å². The lowest BCUT2D eigenvalue weighted by Crippen LogP contribution is -2.41. The monoisotopic (exact) mass is 260 g/mol. The van der Waals surface area contributed by atoms with E-state index >= 15 is 0 Å². The summed E-state index contributed by atoms with van der Waals surface area (Å²) in [5.74, 6) is 0.154. The molecule has 1 amide bonds. The molecule has 0 spiro atoms. The van der Waals surface area contributed by atoms with Gasteiger partial charge in [0.2, 0.25) is 0 Å². The van der Waals surface area contributed by atoms with Crippen LogP contribution >= 0.6 is 0 Å². The predicted octanol–water partition coefficient (Wildman–Crippen LogP) is 2.80. The Hall–Kier alpha value is -1.35. The summed E-state index contributed by atoms with van der Waals surface area (Å²) in [7, 11) is 0. The van der Waals surface area contributed by atoms with E-state index in [0.717, 1.165) is 37.1 Å². The van der Waals surface area contributed by atoms with E-state index in [2.05, 4.69) is 13.8 Å². The Morgan fingerprint density at radius 1 is 1.26 bits per heavy atom. The van der Waals surface area contributed by atoms with Crippen LogP contribution in [-0.4, -0.2) is 23.9 Å². The molecule has 19 heavy (non-hydrogen) atoms. The molecule has 0 bridgehead atoms. The summed E-state index contributed by atoms with van der Waals surface area (Å²) in [6, 6.07) is 7.65. The number of hydrogen-bond acceptors (Lipinski definition) is 2. The fourth-order valence-corrected chi connectivity index (χ4v) is 2.57. The fraction of sp³-hybridized carbons (Fsp3) is 0.562. The number of nitrogens with zero attached hydrogens (tertiary/aromatic N) is 1. The van der Waals surface area contributed by atoms with E-state index in [9.17, 15) is 4.79 Å². The lowest BCUT2D eigenvalue weighted by molar-refractivity contribution is 0.0600. The van der Waals surface area contributed by atoms with Crippen molar-refractivity contribution in [2.45, 2.75) is 39.7 Å². The van der Waals surface area contributed by atoms with E-state index < -0.39 is 0 Å². The highest BCUT2D eigenvalue weighted by molar-refractivity contribution is 5.94. The first-order chi connectivity index (χ1) is 9.08. The fourth-order valence-electron chi connectivity index (χ4n) is 2.57. The second-order valence-electron chi connectivity index (χ2n) is 5.86. The lowest BCUT2D eigenvalue weighted by Gasteiger charge is -2.39. The van der Waals surface area contributed by atoms with Gasteiger partial charge in [-0.1, -0.05) is 32.4 Å². The van der Waals surface area contributed by atoms with Gasteiger partial charge < -0.3 is 10.6 Å². The maximum absolute atomic E-state index is 12.4. The number of nitrogens with two attached hydrogens (primary N) is 1. The van der Waals surface area contributed by atoms with Gasteiger partial charge in [-0.15, -0.1) is 0 Å².